The third-order valence-electron chi connectivity index (χ3n) is 3.71. The maximum atomic E-state index is 12.9. The molecule has 2 aliphatic rings. The Hall–Kier alpha value is -3.16. The van der Waals surface area contributed by atoms with E-state index in [2.05, 4.69) is 15.3 Å². The van der Waals surface area contributed by atoms with E-state index in [0.717, 1.165) is 16.8 Å². The molecule has 2 aliphatic heterocycles. The molecule has 0 spiro atoms. The molecule has 2 heterocycles. The summed E-state index contributed by atoms with van der Waals surface area (Å²) in [6.07, 6.45) is -4.50. The van der Waals surface area contributed by atoms with Crippen LogP contribution in [0.3, 0.4) is 0 Å². The number of para-hydroxylation sites is 1. The molecule has 8 heteroatoms. The Labute approximate surface area is 132 Å². The fourth-order valence-electron chi connectivity index (χ4n) is 2.57. The van der Waals surface area contributed by atoms with E-state index in [-0.39, 0.29) is 11.4 Å². The monoisotopic (exact) mass is 330 g/mol. The zero-order valence-corrected chi connectivity index (χ0v) is 12.0. The molecule has 0 atom stereocenters. The number of benzene rings is 2. The summed E-state index contributed by atoms with van der Waals surface area (Å²) in [7, 11) is 0. The van der Waals surface area contributed by atoms with E-state index in [0.29, 0.717) is 16.6 Å². The Morgan fingerprint density at radius 2 is 1.79 bits per heavy atom. The fourth-order valence-corrected chi connectivity index (χ4v) is 2.57. The lowest BCUT2D eigenvalue weighted by molar-refractivity contribution is -0.137. The van der Waals surface area contributed by atoms with Gasteiger partial charge in [-0.05, 0) is 24.3 Å². The molecule has 0 saturated carbocycles. The average Bonchev–Trinajstić information content (AvgIpc) is 2.92. The van der Waals surface area contributed by atoms with E-state index in [1.807, 2.05) is 0 Å². The summed E-state index contributed by atoms with van der Waals surface area (Å²) < 4.78 is 39.6. The second kappa shape index (κ2) is 4.92. The predicted molar refractivity (Wildman–Crippen MR) is 81.1 cm³/mol. The van der Waals surface area contributed by atoms with Gasteiger partial charge in [0.1, 0.15) is 5.69 Å². The van der Waals surface area contributed by atoms with Gasteiger partial charge in [-0.3, -0.25) is 9.89 Å². The number of nitrogens with zero attached hydrogens (tertiary/aromatic N) is 3. The molecule has 0 saturated heterocycles. The maximum Gasteiger partial charge on any atom is 0.416 e. The van der Waals surface area contributed by atoms with Crippen LogP contribution in [0.4, 0.5) is 13.2 Å². The van der Waals surface area contributed by atoms with Crippen molar-refractivity contribution in [2.45, 2.75) is 6.18 Å². The number of rotatable bonds is 1. The van der Waals surface area contributed by atoms with E-state index in [1.165, 1.54) is 12.1 Å². The third kappa shape index (κ3) is 2.15. The van der Waals surface area contributed by atoms with Crippen LogP contribution in [0.5, 0.6) is 0 Å². The Morgan fingerprint density at radius 1 is 1.00 bits per heavy atom. The molecule has 0 radical (unpaired) electrons. The molecule has 0 amide bonds. The van der Waals surface area contributed by atoms with Gasteiger partial charge in [0.2, 0.25) is 0 Å². The molecule has 2 aromatic carbocycles. The Balaban J connectivity index is 1.98. The van der Waals surface area contributed by atoms with Gasteiger partial charge in [-0.15, -0.1) is 0 Å². The molecule has 5 nitrogen and oxygen atoms in total. The number of halogens is 3. The molecule has 1 N–H and O–H groups in total. The van der Waals surface area contributed by atoms with Crippen molar-refractivity contribution in [3.05, 3.63) is 64.4 Å². The Kier molecular flexibility index (Phi) is 2.96. The molecule has 0 aliphatic carbocycles. The molecule has 24 heavy (non-hydrogen) atoms. The zero-order chi connectivity index (χ0) is 16.9. The van der Waals surface area contributed by atoms with Gasteiger partial charge in [-0.1, -0.05) is 24.3 Å². The minimum Gasteiger partial charge on any atom is -0.277 e. The number of nitrogens with one attached hydrogen (secondary N) is 1. The van der Waals surface area contributed by atoms with Gasteiger partial charge < -0.3 is 0 Å². The molecular weight excluding hydrogens is 321 g/mol. The van der Waals surface area contributed by atoms with Crippen molar-refractivity contribution in [2.75, 3.05) is 0 Å². The lowest BCUT2D eigenvalue weighted by Crippen LogP contribution is -2.16. The first kappa shape index (κ1) is 14.4. The van der Waals surface area contributed by atoms with Gasteiger partial charge in [0.05, 0.1) is 16.8 Å². The number of fused-ring (bicyclic) bond motifs is 3. The lowest BCUT2D eigenvalue weighted by Gasteiger charge is -2.07. The van der Waals surface area contributed by atoms with Gasteiger partial charge in [0, 0.05) is 5.39 Å². The van der Waals surface area contributed by atoms with Crippen LogP contribution in [0.15, 0.2) is 53.3 Å². The molecule has 0 bridgehead atoms. The van der Waals surface area contributed by atoms with Gasteiger partial charge in [0.15, 0.2) is 5.69 Å². The van der Waals surface area contributed by atoms with Gasteiger partial charge >= 0.3 is 11.7 Å². The highest BCUT2D eigenvalue weighted by atomic mass is 19.4. The number of alkyl halides is 3. The van der Waals surface area contributed by atoms with Gasteiger partial charge in [-0.2, -0.15) is 28.1 Å². The molecule has 4 rings (SSSR count). The smallest absolute Gasteiger partial charge is 0.277 e. The van der Waals surface area contributed by atoms with Crippen molar-refractivity contribution < 1.29 is 13.2 Å². The van der Waals surface area contributed by atoms with Crippen LogP contribution in [0.2, 0.25) is 0 Å². The summed E-state index contributed by atoms with van der Waals surface area (Å²) in [6, 6.07) is 11.6. The number of aromatic amines is 1. The SMILES string of the molecule is O=c1c2n[nH]c3ccccc3c-2nn1-c1cccc(C(F)(F)F)c1. The van der Waals surface area contributed by atoms with Gasteiger partial charge in [-0.25, -0.2) is 0 Å². The maximum absolute atomic E-state index is 12.9. The van der Waals surface area contributed by atoms with Crippen LogP contribution in [0, 0.1) is 0 Å². The highest BCUT2D eigenvalue weighted by Crippen LogP contribution is 2.30. The molecule has 2 aromatic rings. The number of H-pyrrole nitrogens is 1. The van der Waals surface area contributed by atoms with Crippen LogP contribution in [0.25, 0.3) is 28.0 Å². The molecule has 0 fully saturated rings. The van der Waals surface area contributed by atoms with Crippen molar-refractivity contribution in [1.29, 1.82) is 0 Å². The predicted octanol–water partition coefficient (Wildman–Crippen LogP) is 3.23. The summed E-state index contributed by atoms with van der Waals surface area (Å²) in [6.45, 7) is 0. The first-order chi connectivity index (χ1) is 11.4. The molecule has 0 unspecified atom stereocenters. The molecular formula is C16H9F3N4O. The summed E-state index contributed by atoms with van der Waals surface area (Å²) in [5.41, 5.74) is -0.289. The highest BCUT2D eigenvalue weighted by Gasteiger charge is 2.31. The van der Waals surface area contributed by atoms with E-state index in [4.69, 9.17) is 0 Å². The standard InChI is InChI=1S/C16H9F3N4O/c17-16(18,19)9-4-3-5-10(8-9)23-15(24)14-13(22-23)11-6-1-2-7-12(11)20-21-14/h1-8,20H. The number of hydrogen-bond donors (Lipinski definition) is 1. The minimum atomic E-state index is -4.50. The van der Waals surface area contributed by atoms with Crippen molar-refractivity contribution in [3.8, 4) is 17.1 Å². The lowest BCUT2D eigenvalue weighted by atomic mass is 10.1. The third-order valence-corrected chi connectivity index (χ3v) is 3.71. The normalized spacial score (nSPS) is 12.1. The second-order valence-corrected chi connectivity index (χ2v) is 5.23. The Morgan fingerprint density at radius 3 is 2.58 bits per heavy atom. The quantitative estimate of drug-likeness (QED) is 0.583. The van der Waals surface area contributed by atoms with Crippen molar-refractivity contribution in [3.63, 3.8) is 0 Å². The van der Waals surface area contributed by atoms with Crippen LogP contribution < -0.4 is 5.56 Å². The van der Waals surface area contributed by atoms with Crippen LogP contribution in [-0.4, -0.2) is 20.0 Å². The minimum absolute atomic E-state index is 0.0388. The first-order valence-electron chi connectivity index (χ1n) is 6.99. The topological polar surface area (TPSA) is 63.6 Å². The van der Waals surface area contributed by atoms with Crippen LogP contribution >= 0.6 is 0 Å². The number of hydrogen-bond acceptors (Lipinski definition) is 3. The van der Waals surface area contributed by atoms with Crippen molar-refractivity contribution >= 4 is 10.9 Å². The van der Waals surface area contributed by atoms with Crippen LogP contribution in [-0.2, 0) is 6.18 Å². The Bertz CT molecular complexity index is 1080. The summed E-state index contributed by atoms with van der Waals surface area (Å²) in [4.78, 5) is 12.5. The highest BCUT2D eigenvalue weighted by molar-refractivity contribution is 5.91. The average molecular weight is 330 g/mol. The fraction of sp³-hybridized carbons (Fsp3) is 0.0625. The molecule has 120 valence electrons. The van der Waals surface area contributed by atoms with E-state index >= 15 is 0 Å². The van der Waals surface area contributed by atoms with Crippen molar-refractivity contribution in [1.82, 2.24) is 20.0 Å². The van der Waals surface area contributed by atoms with Gasteiger partial charge in [0.25, 0.3) is 0 Å². The largest absolute Gasteiger partial charge is 0.416 e. The second-order valence-electron chi connectivity index (χ2n) is 5.23. The van der Waals surface area contributed by atoms with Crippen LogP contribution in [0.1, 0.15) is 5.56 Å². The first-order valence-corrected chi connectivity index (χ1v) is 6.99. The summed E-state index contributed by atoms with van der Waals surface area (Å²) >= 11 is 0. The van der Waals surface area contributed by atoms with E-state index in [1.54, 1.807) is 24.3 Å². The van der Waals surface area contributed by atoms with E-state index in [9.17, 15) is 18.0 Å². The van der Waals surface area contributed by atoms with Crippen molar-refractivity contribution in [2.24, 2.45) is 0 Å². The summed E-state index contributed by atoms with van der Waals surface area (Å²) in [5, 5.41) is 11.6. The summed E-state index contributed by atoms with van der Waals surface area (Å²) in [5.74, 6) is 0. The zero-order valence-electron chi connectivity index (χ0n) is 12.0. The number of aromatic nitrogens is 4. The molecule has 0 aromatic heterocycles. The van der Waals surface area contributed by atoms with E-state index < -0.39 is 17.3 Å².